The first-order valence-corrected chi connectivity index (χ1v) is 9.26. The first-order valence-electron chi connectivity index (χ1n) is 9.26. The fourth-order valence-corrected chi connectivity index (χ4v) is 2.93. The number of para-hydroxylation sites is 1. The number of H-pyrrole nitrogens is 1. The Morgan fingerprint density at radius 1 is 1.17 bits per heavy atom. The van der Waals surface area contributed by atoms with Gasteiger partial charge in [0.2, 0.25) is 0 Å². The summed E-state index contributed by atoms with van der Waals surface area (Å²) in [4.78, 5) is 51.6. The number of hydrogen-bond donors (Lipinski definition) is 2. The van der Waals surface area contributed by atoms with E-state index in [0.717, 1.165) is 0 Å². The zero-order valence-electron chi connectivity index (χ0n) is 17.1. The van der Waals surface area contributed by atoms with Gasteiger partial charge in [0.1, 0.15) is 11.4 Å². The molecule has 0 aliphatic carbocycles. The van der Waals surface area contributed by atoms with Gasteiger partial charge < -0.3 is 15.0 Å². The second-order valence-electron chi connectivity index (χ2n) is 6.83. The molecule has 0 unspecified atom stereocenters. The van der Waals surface area contributed by atoms with Crippen LogP contribution in [0.15, 0.2) is 47.4 Å². The van der Waals surface area contributed by atoms with Crippen LogP contribution in [0.5, 0.6) is 0 Å². The molecule has 0 fully saturated rings. The van der Waals surface area contributed by atoms with Crippen molar-refractivity contribution in [3.63, 3.8) is 0 Å². The van der Waals surface area contributed by atoms with E-state index in [9.17, 15) is 19.2 Å². The smallest absolute Gasteiger partial charge is 0.355 e. The van der Waals surface area contributed by atoms with Gasteiger partial charge in [0.15, 0.2) is 11.9 Å². The van der Waals surface area contributed by atoms with Crippen molar-refractivity contribution >= 4 is 23.3 Å². The predicted molar refractivity (Wildman–Crippen MR) is 110 cm³/mol. The Bertz CT molecular complexity index is 1170. The lowest BCUT2D eigenvalue weighted by Gasteiger charge is -2.12. The fourth-order valence-electron chi connectivity index (χ4n) is 2.93. The lowest BCUT2D eigenvalue weighted by Crippen LogP contribution is -2.32. The normalized spacial score (nSPS) is 11.7. The van der Waals surface area contributed by atoms with E-state index in [0.29, 0.717) is 16.9 Å². The molecule has 0 spiro atoms. The van der Waals surface area contributed by atoms with E-state index in [-0.39, 0.29) is 17.2 Å². The van der Waals surface area contributed by atoms with Crippen LogP contribution in [0.3, 0.4) is 0 Å². The van der Waals surface area contributed by atoms with E-state index in [1.807, 2.05) is 18.2 Å². The number of nitrogens with zero attached hydrogens (tertiary/aromatic N) is 2. The van der Waals surface area contributed by atoms with Crippen molar-refractivity contribution in [1.29, 1.82) is 0 Å². The standard InChI is InChI=1S/C21H22N4O5/c1-12-18(20(28)25(24(12)4)16-8-6-5-7-9-16)23-19(27)14(3)30-21(29)17-10-15(11-22-17)13(2)26/h5-11,14,22H,1-4H3,(H,23,27)/t14-/m0/s1. The van der Waals surface area contributed by atoms with Gasteiger partial charge in [0.05, 0.1) is 11.4 Å². The number of anilines is 1. The summed E-state index contributed by atoms with van der Waals surface area (Å²) in [5.41, 5.74) is 1.30. The number of aromatic nitrogens is 3. The number of aromatic amines is 1. The molecule has 0 aliphatic heterocycles. The van der Waals surface area contributed by atoms with Crippen molar-refractivity contribution in [2.24, 2.45) is 7.05 Å². The lowest BCUT2D eigenvalue weighted by molar-refractivity contribution is -0.123. The summed E-state index contributed by atoms with van der Waals surface area (Å²) in [5, 5.41) is 2.55. The Kier molecular flexibility index (Phi) is 5.72. The largest absolute Gasteiger partial charge is 0.448 e. The van der Waals surface area contributed by atoms with Crippen LogP contribution in [0.1, 0.15) is 40.4 Å². The molecule has 1 amide bonds. The minimum atomic E-state index is -1.16. The third-order valence-corrected chi connectivity index (χ3v) is 4.76. The van der Waals surface area contributed by atoms with E-state index in [2.05, 4.69) is 10.3 Å². The van der Waals surface area contributed by atoms with E-state index in [4.69, 9.17) is 4.74 Å². The number of esters is 1. The first-order chi connectivity index (χ1) is 14.2. The van der Waals surface area contributed by atoms with E-state index >= 15 is 0 Å². The number of Topliss-reactive ketones (excluding diaryl/α,β-unsaturated/α-hetero) is 1. The summed E-state index contributed by atoms with van der Waals surface area (Å²) in [6, 6.07) is 10.4. The number of nitrogens with one attached hydrogen (secondary N) is 2. The molecule has 2 aromatic heterocycles. The van der Waals surface area contributed by atoms with E-state index in [1.54, 1.807) is 30.8 Å². The zero-order valence-corrected chi connectivity index (χ0v) is 17.1. The molecule has 3 aromatic rings. The third kappa shape index (κ3) is 3.95. The van der Waals surface area contributed by atoms with Crippen molar-refractivity contribution in [3.05, 3.63) is 69.9 Å². The number of ether oxygens (including phenoxy) is 1. The van der Waals surface area contributed by atoms with Gasteiger partial charge in [-0.05, 0) is 39.0 Å². The molecule has 3 rings (SSSR count). The van der Waals surface area contributed by atoms with Crippen LogP contribution in [-0.2, 0) is 16.6 Å². The topological polar surface area (TPSA) is 115 Å². The highest BCUT2D eigenvalue weighted by atomic mass is 16.5. The molecular weight excluding hydrogens is 388 g/mol. The molecule has 9 nitrogen and oxygen atoms in total. The minimum Gasteiger partial charge on any atom is -0.448 e. The van der Waals surface area contributed by atoms with Crippen LogP contribution in [0, 0.1) is 6.92 Å². The summed E-state index contributed by atoms with van der Waals surface area (Å²) in [6.45, 7) is 4.48. The SMILES string of the molecule is CC(=O)c1c[nH]c(C(=O)O[C@@H](C)C(=O)Nc2c(C)n(C)n(-c3ccccc3)c2=O)c1. The lowest BCUT2D eigenvalue weighted by atomic mass is 10.2. The van der Waals surface area contributed by atoms with E-state index in [1.165, 1.54) is 30.8 Å². The van der Waals surface area contributed by atoms with Crippen LogP contribution in [0.25, 0.3) is 5.69 Å². The van der Waals surface area contributed by atoms with Gasteiger partial charge in [-0.3, -0.25) is 19.1 Å². The average Bonchev–Trinajstić information content (AvgIpc) is 3.29. The molecule has 2 heterocycles. The van der Waals surface area contributed by atoms with Crippen LogP contribution in [0.4, 0.5) is 5.69 Å². The number of carbonyl (C=O) groups excluding carboxylic acids is 3. The maximum Gasteiger partial charge on any atom is 0.355 e. The molecule has 30 heavy (non-hydrogen) atoms. The van der Waals surface area contributed by atoms with Gasteiger partial charge in [0.25, 0.3) is 11.5 Å². The Morgan fingerprint density at radius 2 is 1.83 bits per heavy atom. The molecule has 156 valence electrons. The average molecular weight is 410 g/mol. The molecule has 1 atom stereocenters. The number of benzene rings is 1. The Morgan fingerprint density at radius 3 is 2.43 bits per heavy atom. The molecule has 1 aromatic carbocycles. The molecule has 9 heteroatoms. The Hall–Kier alpha value is -3.88. The summed E-state index contributed by atoms with van der Waals surface area (Å²) in [7, 11) is 1.71. The van der Waals surface area contributed by atoms with Crippen LogP contribution in [0.2, 0.25) is 0 Å². The highest BCUT2D eigenvalue weighted by Gasteiger charge is 2.24. The van der Waals surface area contributed by atoms with Crippen molar-refractivity contribution < 1.29 is 19.1 Å². The number of amides is 1. The van der Waals surface area contributed by atoms with Gasteiger partial charge in [-0.15, -0.1) is 0 Å². The highest BCUT2D eigenvalue weighted by Crippen LogP contribution is 2.15. The second-order valence-corrected chi connectivity index (χ2v) is 6.83. The number of rotatable bonds is 6. The molecule has 0 saturated heterocycles. The molecule has 0 saturated carbocycles. The van der Waals surface area contributed by atoms with Gasteiger partial charge in [-0.25, -0.2) is 9.48 Å². The summed E-state index contributed by atoms with van der Waals surface area (Å²) < 4.78 is 8.22. The molecule has 0 aliphatic rings. The summed E-state index contributed by atoms with van der Waals surface area (Å²) >= 11 is 0. The number of ketones is 1. The fraction of sp³-hybridized carbons (Fsp3) is 0.238. The molecular formula is C21H22N4O5. The third-order valence-electron chi connectivity index (χ3n) is 4.76. The van der Waals surface area contributed by atoms with Gasteiger partial charge in [-0.1, -0.05) is 18.2 Å². The van der Waals surface area contributed by atoms with Crippen LogP contribution < -0.4 is 10.9 Å². The number of hydrogen-bond acceptors (Lipinski definition) is 5. The van der Waals surface area contributed by atoms with E-state index < -0.39 is 23.5 Å². The maximum atomic E-state index is 12.9. The molecule has 0 bridgehead atoms. The Balaban J connectivity index is 1.76. The van der Waals surface area contributed by atoms with Crippen molar-refractivity contribution in [2.75, 3.05) is 5.32 Å². The predicted octanol–water partition coefficient (Wildman–Crippen LogP) is 2.20. The molecule has 0 radical (unpaired) electrons. The van der Waals surface area contributed by atoms with Crippen LogP contribution in [-0.4, -0.2) is 38.1 Å². The van der Waals surface area contributed by atoms with Crippen LogP contribution >= 0.6 is 0 Å². The van der Waals surface area contributed by atoms with Gasteiger partial charge in [0, 0.05) is 18.8 Å². The van der Waals surface area contributed by atoms with Crippen molar-refractivity contribution in [3.8, 4) is 5.69 Å². The van der Waals surface area contributed by atoms with Gasteiger partial charge >= 0.3 is 5.97 Å². The van der Waals surface area contributed by atoms with Crippen molar-refractivity contribution in [2.45, 2.75) is 26.9 Å². The quantitative estimate of drug-likeness (QED) is 0.477. The first kappa shape index (κ1) is 20.8. The zero-order chi connectivity index (χ0) is 22.0. The monoisotopic (exact) mass is 410 g/mol. The van der Waals surface area contributed by atoms with Gasteiger partial charge in [-0.2, -0.15) is 0 Å². The molecule has 2 N–H and O–H groups in total. The number of carbonyl (C=O) groups is 3. The second kappa shape index (κ2) is 8.24. The summed E-state index contributed by atoms with van der Waals surface area (Å²) in [6.07, 6.45) is 0.231. The maximum absolute atomic E-state index is 12.9. The minimum absolute atomic E-state index is 0.0576. The van der Waals surface area contributed by atoms with Crippen molar-refractivity contribution in [1.82, 2.24) is 14.3 Å². The Labute approximate surface area is 172 Å². The summed E-state index contributed by atoms with van der Waals surface area (Å²) in [5.74, 6) is -1.63. The highest BCUT2D eigenvalue weighted by molar-refractivity contribution is 5.99.